The van der Waals surface area contributed by atoms with Crippen molar-refractivity contribution in [1.29, 1.82) is 0 Å². The van der Waals surface area contributed by atoms with E-state index >= 15 is 0 Å². The minimum absolute atomic E-state index is 0.0845. The van der Waals surface area contributed by atoms with Gasteiger partial charge in [-0.25, -0.2) is 0 Å². The number of anilines is 3. The predicted octanol–water partition coefficient (Wildman–Crippen LogP) is 3.08. The van der Waals surface area contributed by atoms with E-state index in [4.69, 9.17) is 26.3 Å². The van der Waals surface area contributed by atoms with Crippen molar-refractivity contribution in [3.05, 3.63) is 59.3 Å². The molecular formula is C16H12ClN7O2. The lowest BCUT2D eigenvalue weighted by molar-refractivity contribution is 0.410. The third kappa shape index (κ3) is 3.62. The smallest absolute Gasteiger partial charge is 0.293 e. The van der Waals surface area contributed by atoms with Gasteiger partial charge in [0.25, 0.3) is 5.89 Å². The SMILES string of the molecule is Nc1nc(Cc2noc(-c3ccco3)n2)nc(Nc2ccc(Cl)cc2)n1. The second-order valence-corrected chi connectivity index (χ2v) is 5.67. The second-order valence-electron chi connectivity index (χ2n) is 5.24. The fraction of sp³-hybridized carbons (Fsp3) is 0.0625. The Morgan fingerprint density at radius 3 is 2.62 bits per heavy atom. The van der Waals surface area contributed by atoms with E-state index in [-0.39, 0.29) is 18.3 Å². The maximum Gasteiger partial charge on any atom is 0.293 e. The molecule has 10 heteroatoms. The zero-order valence-electron chi connectivity index (χ0n) is 13.3. The van der Waals surface area contributed by atoms with Gasteiger partial charge in [-0.15, -0.1) is 0 Å². The highest BCUT2D eigenvalue weighted by Crippen LogP contribution is 2.19. The quantitative estimate of drug-likeness (QED) is 0.545. The normalized spacial score (nSPS) is 10.8. The number of halogens is 1. The first-order valence-electron chi connectivity index (χ1n) is 7.55. The summed E-state index contributed by atoms with van der Waals surface area (Å²) in [7, 11) is 0. The van der Waals surface area contributed by atoms with Gasteiger partial charge in [-0.1, -0.05) is 16.8 Å². The van der Waals surface area contributed by atoms with Gasteiger partial charge in [-0.3, -0.25) is 0 Å². The van der Waals surface area contributed by atoms with Crippen LogP contribution in [0, 0.1) is 0 Å². The lowest BCUT2D eigenvalue weighted by Gasteiger charge is -2.06. The molecule has 9 nitrogen and oxygen atoms in total. The molecule has 0 aliphatic rings. The van der Waals surface area contributed by atoms with Crippen molar-refractivity contribution in [1.82, 2.24) is 25.1 Å². The molecule has 0 radical (unpaired) electrons. The largest absolute Gasteiger partial charge is 0.459 e. The van der Waals surface area contributed by atoms with Gasteiger partial charge in [-0.05, 0) is 36.4 Å². The molecule has 0 fully saturated rings. The molecule has 0 aliphatic heterocycles. The highest BCUT2D eigenvalue weighted by atomic mass is 35.5. The van der Waals surface area contributed by atoms with Crippen LogP contribution < -0.4 is 11.1 Å². The number of hydrogen-bond acceptors (Lipinski definition) is 9. The van der Waals surface area contributed by atoms with Gasteiger partial charge in [0.05, 0.1) is 12.7 Å². The van der Waals surface area contributed by atoms with Crippen LogP contribution in [0.1, 0.15) is 11.6 Å². The van der Waals surface area contributed by atoms with Crippen LogP contribution in [-0.4, -0.2) is 25.1 Å². The Morgan fingerprint density at radius 1 is 1.00 bits per heavy atom. The molecule has 3 N–H and O–H groups in total. The first-order valence-corrected chi connectivity index (χ1v) is 7.93. The Bertz CT molecular complexity index is 1020. The third-order valence-electron chi connectivity index (χ3n) is 3.32. The van der Waals surface area contributed by atoms with E-state index in [0.29, 0.717) is 28.4 Å². The minimum Gasteiger partial charge on any atom is -0.459 e. The predicted molar refractivity (Wildman–Crippen MR) is 93.8 cm³/mol. The second kappa shape index (κ2) is 6.81. The summed E-state index contributed by atoms with van der Waals surface area (Å²) < 4.78 is 10.4. The van der Waals surface area contributed by atoms with Crippen molar-refractivity contribution in [2.45, 2.75) is 6.42 Å². The summed E-state index contributed by atoms with van der Waals surface area (Å²) in [5.74, 6) is 1.97. The maximum absolute atomic E-state index is 5.88. The molecule has 0 saturated heterocycles. The summed E-state index contributed by atoms with van der Waals surface area (Å²) in [5.41, 5.74) is 6.54. The Hall–Kier alpha value is -3.46. The highest BCUT2D eigenvalue weighted by molar-refractivity contribution is 6.30. The third-order valence-corrected chi connectivity index (χ3v) is 3.57. The minimum atomic E-state index is 0.0845. The van der Waals surface area contributed by atoms with Gasteiger partial charge in [0.15, 0.2) is 11.6 Å². The Labute approximate surface area is 152 Å². The fourth-order valence-electron chi connectivity index (χ4n) is 2.20. The van der Waals surface area contributed by atoms with Crippen molar-refractivity contribution >= 4 is 29.2 Å². The number of nitrogens with one attached hydrogen (secondary N) is 1. The number of nitrogen functional groups attached to an aromatic ring is 1. The topological polar surface area (TPSA) is 129 Å². The van der Waals surface area contributed by atoms with Crippen LogP contribution in [-0.2, 0) is 6.42 Å². The Morgan fingerprint density at radius 2 is 1.85 bits per heavy atom. The highest BCUT2D eigenvalue weighted by Gasteiger charge is 2.14. The molecule has 4 aromatic rings. The molecule has 0 bridgehead atoms. The lowest BCUT2D eigenvalue weighted by Crippen LogP contribution is -2.08. The van der Waals surface area contributed by atoms with Crippen molar-refractivity contribution in [3.8, 4) is 11.7 Å². The number of nitrogens with two attached hydrogens (primary N) is 1. The summed E-state index contributed by atoms with van der Waals surface area (Å²) in [6.45, 7) is 0. The number of benzene rings is 1. The number of hydrogen-bond donors (Lipinski definition) is 2. The van der Waals surface area contributed by atoms with E-state index in [0.717, 1.165) is 5.69 Å². The first-order chi connectivity index (χ1) is 12.7. The molecule has 0 amide bonds. The van der Waals surface area contributed by atoms with Crippen molar-refractivity contribution < 1.29 is 8.94 Å². The molecule has 0 unspecified atom stereocenters. The van der Waals surface area contributed by atoms with Gasteiger partial charge in [-0.2, -0.15) is 19.9 Å². The molecule has 0 atom stereocenters. The van der Waals surface area contributed by atoms with E-state index < -0.39 is 0 Å². The van der Waals surface area contributed by atoms with Crippen molar-refractivity contribution in [3.63, 3.8) is 0 Å². The number of rotatable bonds is 5. The average molecular weight is 370 g/mol. The first kappa shape index (κ1) is 16.0. The molecule has 0 aliphatic carbocycles. The van der Waals surface area contributed by atoms with Gasteiger partial charge in [0.2, 0.25) is 11.9 Å². The number of furan rings is 1. The van der Waals surface area contributed by atoms with E-state index in [2.05, 4.69) is 30.4 Å². The lowest BCUT2D eigenvalue weighted by atomic mass is 10.3. The zero-order chi connectivity index (χ0) is 17.9. The molecule has 0 saturated carbocycles. The van der Waals surface area contributed by atoms with E-state index in [1.165, 1.54) is 6.26 Å². The molecular weight excluding hydrogens is 358 g/mol. The van der Waals surface area contributed by atoms with Crippen LogP contribution in [0.2, 0.25) is 5.02 Å². The van der Waals surface area contributed by atoms with Gasteiger partial charge in [0, 0.05) is 10.7 Å². The van der Waals surface area contributed by atoms with E-state index in [9.17, 15) is 0 Å². The van der Waals surface area contributed by atoms with Gasteiger partial charge < -0.3 is 20.0 Å². The molecule has 3 aromatic heterocycles. The van der Waals surface area contributed by atoms with Crippen molar-refractivity contribution in [2.24, 2.45) is 0 Å². The van der Waals surface area contributed by atoms with Crippen LogP contribution in [0.4, 0.5) is 17.6 Å². The van der Waals surface area contributed by atoms with Crippen LogP contribution in [0.25, 0.3) is 11.7 Å². The fourth-order valence-corrected chi connectivity index (χ4v) is 2.33. The van der Waals surface area contributed by atoms with Crippen LogP contribution in [0.5, 0.6) is 0 Å². The molecule has 26 heavy (non-hydrogen) atoms. The van der Waals surface area contributed by atoms with E-state index in [1.807, 2.05) is 0 Å². The van der Waals surface area contributed by atoms with Gasteiger partial charge >= 0.3 is 0 Å². The monoisotopic (exact) mass is 369 g/mol. The Kier molecular flexibility index (Phi) is 4.20. The van der Waals surface area contributed by atoms with Crippen molar-refractivity contribution in [2.75, 3.05) is 11.1 Å². The molecule has 1 aromatic carbocycles. The van der Waals surface area contributed by atoms with Gasteiger partial charge in [0.1, 0.15) is 5.82 Å². The molecule has 4 rings (SSSR count). The summed E-state index contributed by atoms with van der Waals surface area (Å²) in [6.07, 6.45) is 1.76. The maximum atomic E-state index is 5.88. The van der Waals surface area contributed by atoms with Crippen LogP contribution in [0.3, 0.4) is 0 Å². The van der Waals surface area contributed by atoms with E-state index in [1.54, 1.807) is 36.4 Å². The Balaban J connectivity index is 1.53. The summed E-state index contributed by atoms with van der Waals surface area (Å²) in [5, 5.41) is 7.58. The standard InChI is InChI=1S/C16H12ClN7O2/c17-9-3-5-10(6-4-9)19-16-22-12(21-15(18)23-16)8-13-20-14(26-24-13)11-2-1-7-25-11/h1-7H,8H2,(H3,18,19,21,22,23). The number of nitrogens with zero attached hydrogens (tertiary/aromatic N) is 5. The zero-order valence-corrected chi connectivity index (χ0v) is 14.0. The summed E-state index contributed by atoms with van der Waals surface area (Å²) >= 11 is 5.88. The molecule has 130 valence electrons. The number of aromatic nitrogens is 5. The average Bonchev–Trinajstić information content (AvgIpc) is 3.28. The molecule has 0 spiro atoms. The van der Waals surface area contributed by atoms with Crippen LogP contribution in [0.15, 0.2) is 51.6 Å². The molecule has 3 heterocycles. The summed E-state index contributed by atoms with van der Waals surface area (Å²) in [4.78, 5) is 16.8. The van der Waals surface area contributed by atoms with Crippen LogP contribution >= 0.6 is 11.6 Å². The summed E-state index contributed by atoms with van der Waals surface area (Å²) in [6, 6.07) is 10.6.